The van der Waals surface area contributed by atoms with Gasteiger partial charge in [0.1, 0.15) is 11.8 Å². The van der Waals surface area contributed by atoms with E-state index in [1.807, 2.05) is 30.3 Å². The second-order valence-corrected chi connectivity index (χ2v) is 8.63. The molecule has 0 radical (unpaired) electrons. The predicted octanol–water partition coefficient (Wildman–Crippen LogP) is 3.30. The summed E-state index contributed by atoms with van der Waals surface area (Å²) in [6.07, 6.45) is 0.164. The summed E-state index contributed by atoms with van der Waals surface area (Å²) in [7, 11) is 1.56. The van der Waals surface area contributed by atoms with Crippen LogP contribution in [0.4, 0.5) is 0 Å². The number of carbonyl (C=O) groups excluding carboxylic acids is 1. The molecule has 8 nitrogen and oxygen atoms in total. The molecule has 0 spiro atoms. The third-order valence-electron chi connectivity index (χ3n) is 5.32. The van der Waals surface area contributed by atoms with Gasteiger partial charge < -0.3 is 15.2 Å². The molecule has 178 valence electrons. The molecule has 0 saturated heterocycles. The molecule has 2 N–H and O–H groups in total. The van der Waals surface area contributed by atoms with Crippen molar-refractivity contribution >= 4 is 34.5 Å². The van der Waals surface area contributed by atoms with Gasteiger partial charge in [0.15, 0.2) is 5.16 Å². The Morgan fingerprint density at radius 2 is 1.71 bits per heavy atom. The van der Waals surface area contributed by atoms with E-state index in [4.69, 9.17) is 4.74 Å². The van der Waals surface area contributed by atoms with Crippen molar-refractivity contribution in [2.24, 2.45) is 0 Å². The summed E-state index contributed by atoms with van der Waals surface area (Å²) in [6.45, 7) is 0. The number of carbonyl (C=O) groups is 2. The highest BCUT2D eigenvalue weighted by Gasteiger charge is 2.21. The number of ether oxygens (including phenoxy) is 1. The molecular formula is C26H23N3O5S. The largest absolute Gasteiger partial charge is 0.497 e. The Bertz CT molecular complexity index is 1400. The maximum atomic E-state index is 13.3. The Balaban J connectivity index is 1.58. The van der Waals surface area contributed by atoms with Crippen molar-refractivity contribution in [3.8, 4) is 11.4 Å². The maximum Gasteiger partial charge on any atom is 0.326 e. The molecule has 0 aliphatic carbocycles. The van der Waals surface area contributed by atoms with Gasteiger partial charge in [-0.05, 0) is 42.0 Å². The Labute approximate surface area is 205 Å². The Morgan fingerprint density at radius 3 is 2.40 bits per heavy atom. The standard InChI is InChI=1S/C26H23N3O5S/c1-34-19-13-11-18(12-14-19)29-24(31)20-9-5-6-10-21(20)28-26(29)35-16-23(30)27-22(25(32)33)15-17-7-3-2-4-8-17/h2-14,22H,15-16H2,1H3,(H,27,30)(H,32,33)/t22-/m0/s1. The number of para-hydroxylation sites is 1. The first-order chi connectivity index (χ1) is 17.0. The van der Waals surface area contributed by atoms with Gasteiger partial charge in [-0.25, -0.2) is 9.78 Å². The number of fused-ring (bicyclic) bond motifs is 1. The molecule has 1 aromatic heterocycles. The first kappa shape index (κ1) is 24.0. The molecule has 3 aromatic carbocycles. The summed E-state index contributed by atoms with van der Waals surface area (Å²) in [5.74, 6) is -1.06. The van der Waals surface area contributed by atoms with Crippen LogP contribution in [0.25, 0.3) is 16.6 Å². The number of nitrogens with zero attached hydrogens (tertiary/aromatic N) is 2. The van der Waals surface area contributed by atoms with Crippen molar-refractivity contribution < 1.29 is 19.4 Å². The highest BCUT2D eigenvalue weighted by Crippen LogP contribution is 2.23. The summed E-state index contributed by atoms with van der Waals surface area (Å²) < 4.78 is 6.65. The number of hydrogen-bond donors (Lipinski definition) is 2. The van der Waals surface area contributed by atoms with Crippen molar-refractivity contribution in [2.45, 2.75) is 17.6 Å². The highest BCUT2D eigenvalue weighted by atomic mass is 32.2. The lowest BCUT2D eigenvalue weighted by molar-refractivity contribution is -0.141. The quantitative estimate of drug-likeness (QED) is 0.274. The van der Waals surface area contributed by atoms with Crippen LogP contribution >= 0.6 is 11.8 Å². The molecule has 9 heteroatoms. The molecule has 0 saturated carbocycles. The van der Waals surface area contributed by atoms with Crippen LogP contribution in [0.3, 0.4) is 0 Å². The molecule has 1 heterocycles. The number of aliphatic carboxylic acids is 1. The lowest BCUT2D eigenvalue weighted by atomic mass is 10.1. The van der Waals surface area contributed by atoms with Crippen LogP contribution in [0.1, 0.15) is 5.56 Å². The van der Waals surface area contributed by atoms with E-state index >= 15 is 0 Å². The van der Waals surface area contributed by atoms with Gasteiger partial charge in [0.2, 0.25) is 5.91 Å². The number of methoxy groups -OCH3 is 1. The third-order valence-corrected chi connectivity index (χ3v) is 6.26. The minimum atomic E-state index is -1.12. The molecule has 0 fully saturated rings. The number of hydrogen-bond acceptors (Lipinski definition) is 6. The van der Waals surface area contributed by atoms with E-state index in [0.717, 1.165) is 17.3 Å². The van der Waals surface area contributed by atoms with Crippen molar-refractivity contribution in [1.82, 2.24) is 14.9 Å². The molecule has 4 rings (SSSR count). The lowest BCUT2D eigenvalue weighted by Crippen LogP contribution is -2.43. The van der Waals surface area contributed by atoms with Crippen LogP contribution in [0, 0.1) is 0 Å². The monoisotopic (exact) mass is 489 g/mol. The second kappa shape index (κ2) is 10.9. The third kappa shape index (κ3) is 5.70. The van der Waals surface area contributed by atoms with E-state index in [-0.39, 0.29) is 17.7 Å². The summed E-state index contributed by atoms with van der Waals surface area (Å²) in [5.41, 5.74) is 1.62. The molecule has 0 unspecified atom stereocenters. The Kier molecular flexibility index (Phi) is 7.47. The van der Waals surface area contributed by atoms with E-state index < -0.39 is 17.9 Å². The first-order valence-electron chi connectivity index (χ1n) is 10.8. The van der Waals surface area contributed by atoms with Crippen LogP contribution in [-0.4, -0.2) is 45.4 Å². The molecule has 1 atom stereocenters. The van der Waals surface area contributed by atoms with Gasteiger partial charge in [0.25, 0.3) is 5.56 Å². The fraction of sp³-hybridized carbons (Fsp3) is 0.154. The summed E-state index contributed by atoms with van der Waals surface area (Å²) in [6, 6.07) is 22.0. The number of amides is 1. The predicted molar refractivity (Wildman–Crippen MR) is 134 cm³/mol. The van der Waals surface area contributed by atoms with Gasteiger partial charge in [-0.2, -0.15) is 0 Å². The average molecular weight is 490 g/mol. The molecule has 4 aromatic rings. The zero-order valence-corrected chi connectivity index (χ0v) is 19.7. The number of benzene rings is 3. The van der Waals surface area contributed by atoms with Crippen LogP contribution in [-0.2, 0) is 16.0 Å². The molecule has 35 heavy (non-hydrogen) atoms. The van der Waals surface area contributed by atoms with Crippen molar-refractivity contribution in [3.63, 3.8) is 0 Å². The zero-order chi connectivity index (χ0) is 24.8. The number of aromatic nitrogens is 2. The normalized spacial score (nSPS) is 11.7. The fourth-order valence-electron chi connectivity index (χ4n) is 3.58. The average Bonchev–Trinajstić information content (AvgIpc) is 2.88. The van der Waals surface area contributed by atoms with Crippen LogP contribution in [0.5, 0.6) is 5.75 Å². The number of carboxylic acids is 1. The number of nitrogens with one attached hydrogen (secondary N) is 1. The maximum absolute atomic E-state index is 13.3. The van der Waals surface area contributed by atoms with Gasteiger partial charge in [0, 0.05) is 6.42 Å². The molecule has 0 aliphatic heterocycles. The Hall–Kier alpha value is -4.11. The highest BCUT2D eigenvalue weighted by molar-refractivity contribution is 7.99. The van der Waals surface area contributed by atoms with E-state index in [1.54, 1.807) is 55.6 Å². The number of thioether (sulfide) groups is 1. The fourth-order valence-corrected chi connectivity index (χ4v) is 4.41. The van der Waals surface area contributed by atoms with Gasteiger partial charge in [0.05, 0.1) is 29.5 Å². The zero-order valence-electron chi connectivity index (χ0n) is 18.9. The van der Waals surface area contributed by atoms with E-state index in [1.165, 1.54) is 4.57 Å². The molecular weight excluding hydrogens is 466 g/mol. The SMILES string of the molecule is COc1ccc(-n2c(SCC(=O)N[C@@H](Cc3ccccc3)C(=O)O)nc3ccccc3c2=O)cc1. The first-order valence-corrected chi connectivity index (χ1v) is 11.8. The minimum absolute atomic E-state index is 0.112. The Morgan fingerprint density at radius 1 is 1.03 bits per heavy atom. The van der Waals surface area contributed by atoms with Crippen LogP contribution < -0.4 is 15.6 Å². The van der Waals surface area contributed by atoms with Gasteiger partial charge in [-0.3, -0.25) is 14.2 Å². The molecule has 0 aliphatic rings. The van der Waals surface area contributed by atoms with Crippen molar-refractivity contribution in [1.29, 1.82) is 0 Å². The van der Waals surface area contributed by atoms with E-state index in [2.05, 4.69) is 10.3 Å². The number of carboxylic acid groups (broad SMARTS) is 1. The van der Waals surface area contributed by atoms with Gasteiger partial charge >= 0.3 is 5.97 Å². The van der Waals surface area contributed by atoms with Crippen molar-refractivity contribution in [2.75, 3.05) is 12.9 Å². The second-order valence-electron chi connectivity index (χ2n) is 7.69. The van der Waals surface area contributed by atoms with E-state index in [0.29, 0.717) is 27.5 Å². The van der Waals surface area contributed by atoms with Crippen LogP contribution in [0.2, 0.25) is 0 Å². The minimum Gasteiger partial charge on any atom is -0.497 e. The van der Waals surface area contributed by atoms with Crippen LogP contribution in [0.15, 0.2) is 88.8 Å². The van der Waals surface area contributed by atoms with E-state index in [9.17, 15) is 19.5 Å². The molecule has 0 bridgehead atoms. The van der Waals surface area contributed by atoms with Gasteiger partial charge in [-0.1, -0.05) is 54.2 Å². The van der Waals surface area contributed by atoms with Crippen molar-refractivity contribution in [3.05, 3.63) is 94.8 Å². The summed E-state index contributed by atoms with van der Waals surface area (Å²) in [4.78, 5) is 42.3. The summed E-state index contributed by atoms with van der Waals surface area (Å²) >= 11 is 1.06. The smallest absolute Gasteiger partial charge is 0.326 e. The number of rotatable bonds is 9. The lowest BCUT2D eigenvalue weighted by Gasteiger charge is -2.16. The summed E-state index contributed by atoms with van der Waals surface area (Å²) in [5, 5.41) is 12.9. The molecule has 1 amide bonds. The van der Waals surface area contributed by atoms with Gasteiger partial charge in [-0.15, -0.1) is 0 Å². The topological polar surface area (TPSA) is 111 Å².